The Balaban J connectivity index is 3.42. The zero-order valence-electron chi connectivity index (χ0n) is 18.1. The van der Waals surface area contributed by atoms with Gasteiger partial charge in [0.2, 0.25) is 0 Å². The van der Waals surface area contributed by atoms with Crippen molar-refractivity contribution < 1.29 is 9.53 Å². The van der Waals surface area contributed by atoms with Crippen molar-refractivity contribution in [3.05, 3.63) is 23.3 Å². The van der Waals surface area contributed by atoms with E-state index in [0.29, 0.717) is 13.0 Å². The highest BCUT2D eigenvalue weighted by Crippen LogP contribution is 2.12. The third kappa shape index (κ3) is 19.3. The molecule has 0 fully saturated rings. The van der Waals surface area contributed by atoms with Crippen LogP contribution >= 0.6 is 0 Å². The van der Waals surface area contributed by atoms with Crippen LogP contribution < -0.4 is 0 Å². The van der Waals surface area contributed by atoms with Crippen molar-refractivity contribution in [1.82, 2.24) is 0 Å². The van der Waals surface area contributed by atoms with Gasteiger partial charge in [-0.05, 0) is 46.1 Å². The van der Waals surface area contributed by atoms with Gasteiger partial charge in [0.1, 0.15) is 6.61 Å². The predicted octanol–water partition coefficient (Wildman–Crippen LogP) is 7.92. The average molecular weight is 365 g/mol. The van der Waals surface area contributed by atoms with Gasteiger partial charge >= 0.3 is 5.97 Å². The second-order valence-electron chi connectivity index (χ2n) is 7.84. The van der Waals surface area contributed by atoms with Crippen LogP contribution in [0.15, 0.2) is 23.3 Å². The predicted molar refractivity (Wildman–Crippen MR) is 114 cm³/mol. The van der Waals surface area contributed by atoms with Crippen molar-refractivity contribution in [2.75, 3.05) is 6.61 Å². The number of esters is 1. The van der Waals surface area contributed by atoms with Crippen LogP contribution in [0, 0.1) is 0 Å². The number of rotatable bonds is 17. The fourth-order valence-electron chi connectivity index (χ4n) is 2.97. The molecule has 26 heavy (non-hydrogen) atoms. The van der Waals surface area contributed by atoms with Gasteiger partial charge in [-0.3, -0.25) is 4.79 Å². The van der Waals surface area contributed by atoms with Crippen molar-refractivity contribution in [2.24, 2.45) is 0 Å². The van der Waals surface area contributed by atoms with Crippen molar-refractivity contribution in [3.63, 3.8) is 0 Å². The molecule has 0 aliphatic carbocycles. The molecule has 0 aromatic rings. The molecule has 0 aromatic heterocycles. The summed E-state index contributed by atoms with van der Waals surface area (Å²) in [4.78, 5) is 11.7. The quantitative estimate of drug-likeness (QED) is 0.149. The lowest BCUT2D eigenvalue weighted by Gasteiger charge is -2.04. The minimum atomic E-state index is -0.0470. The van der Waals surface area contributed by atoms with Crippen LogP contribution in [0.4, 0.5) is 0 Å². The minimum Gasteiger partial charge on any atom is -0.461 e. The second-order valence-corrected chi connectivity index (χ2v) is 7.84. The van der Waals surface area contributed by atoms with Crippen LogP contribution in [0.5, 0.6) is 0 Å². The van der Waals surface area contributed by atoms with Crippen molar-refractivity contribution in [1.29, 1.82) is 0 Å². The van der Waals surface area contributed by atoms with Crippen LogP contribution in [-0.4, -0.2) is 12.6 Å². The van der Waals surface area contributed by atoms with Crippen molar-refractivity contribution >= 4 is 5.97 Å². The molecular formula is C24H44O2. The van der Waals surface area contributed by atoms with Gasteiger partial charge in [0.15, 0.2) is 0 Å². The van der Waals surface area contributed by atoms with Crippen LogP contribution in [0.2, 0.25) is 0 Å². The molecule has 0 N–H and O–H groups in total. The lowest BCUT2D eigenvalue weighted by atomic mass is 10.1. The molecule has 2 heteroatoms. The first kappa shape index (κ1) is 24.9. The van der Waals surface area contributed by atoms with Gasteiger partial charge in [-0.15, -0.1) is 0 Å². The molecule has 0 rings (SSSR count). The first-order valence-electron chi connectivity index (χ1n) is 11.0. The number of unbranched alkanes of at least 4 members (excludes halogenated alkanes) is 10. The Hall–Kier alpha value is -1.05. The Morgan fingerprint density at radius 1 is 0.731 bits per heavy atom. The van der Waals surface area contributed by atoms with E-state index in [0.717, 1.165) is 25.7 Å². The Bertz CT molecular complexity index is 389. The topological polar surface area (TPSA) is 26.3 Å². The molecule has 0 aromatic carbocycles. The van der Waals surface area contributed by atoms with E-state index in [4.69, 9.17) is 4.74 Å². The van der Waals surface area contributed by atoms with Gasteiger partial charge in [0, 0.05) is 6.42 Å². The summed E-state index contributed by atoms with van der Waals surface area (Å²) in [5, 5.41) is 0. The van der Waals surface area contributed by atoms with Crippen LogP contribution in [0.1, 0.15) is 118 Å². The summed E-state index contributed by atoms with van der Waals surface area (Å²) in [7, 11) is 0. The molecule has 0 atom stereocenters. The SMILES string of the molecule is CCCCCCCCCCCCCC(=O)OCC=C(C)CCC=C(C)C. The van der Waals surface area contributed by atoms with Crippen molar-refractivity contribution in [2.45, 2.75) is 118 Å². The summed E-state index contributed by atoms with van der Waals surface area (Å²) in [5.74, 6) is -0.0470. The summed E-state index contributed by atoms with van der Waals surface area (Å²) in [6, 6.07) is 0. The van der Waals surface area contributed by atoms with E-state index in [1.807, 2.05) is 6.08 Å². The number of carbonyl (C=O) groups is 1. The highest BCUT2D eigenvalue weighted by Gasteiger charge is 2.01. The highest BCUT2D eigenvalue weighted by molar-refractivity contribution is 5.69. The molecular weight excluding hydrogens is 320 g/mol. The molecule has 0 amide bonds. The summed E-state index contributed by atoms with van der Waals surface area (Å²) in [5.41, 5.74) is 2.65. The molecule has 0 saturated heterocycles. The highest BCUT2D eigenvalue weighted by atomic mass is 16.5. The Kier molecular flexibility index (Phi) is 18.0. The summed E-state index contributed by atoms with van der Waals surface area (Å²) < 4.78 is 5.30. The van der Waals surface area contributed by atoms with Gasteiger partial charge in [0.25, 0.3) is 0 Å². The summed E-state index contributed by atoms with van der Waals surface area (Å²) in [6.07, 6.45) is 21.3. The lowest BCUT2D eigenvalue weighted by molar-refractivity contribution is -0.142. The number of hydrogen-bond acceptors (Lipinski definition) is 2. The largest absolute Gasteiger partial charge is 0.461 e. The van der Waals surface area contributed by atoms with E-state index in [-0.39, 0.29) is 5.97 Å². The Morgan fingerprint density at radius 3 is 1.81 bits per heavy atom. The second kappa shape index (κ2) is 18.7. The smallest absolute Gasteiger partial charge is 0.306 e. The molecule has 0 bridgehead atoms. The molecule has 152 valence electrons. The molecule has 0 spiro atoms. The molecule has 0 aliphatic heterocycles. The van der Waals surface area contributed by atoms with Crippen LogP contribution in [0.3, 0.4) is 0 Å². The van der Waals surface area contributed by atoms with E-state index in [1.54, 1.807) is 0 Å². The maximum absolute atomic E-state index is 11.7. The van der Waals surface area contributed by atoms with E-state index >= 15 is 0 Å². The summed E-state index contributed by atoms with van der Waals surface area (Å²) >= 11 is 0. The molecule has 0 unspecified atom stereocenters. The zero-order chi connectivity index (χ0) is 19.5. The number of carbonyl (C=O) groups excluding carboxylic acids is 1. The molecule has 2 nitrogen and oxygen atoms in total. The van der Waals surface area contributed by atoms with Crippen molar-refractivity contribution in [3.8, 4) is 0 Å². The van der Waals surface area contributed by atoms with E-state index < -0.39 is 0 Å². The van der Waals surface area contributed by atoms with Crippen LogP contribution in [0.25, 0.3) is 0 Å². The standard InChI is InChI=1S/C24H44O2/c1-5-6-7-8-9-10-11-12-13-14-15-19-24(25)26-21-20-23(4)18-16-17-22(2)3/h17,20H,5-16,18-19,21H2,1-4H3. The average Bonchev–Trinajstić information content (AvgIpc) is 2.59. The Labute approximate surface area is 163 Å². The normalized spacial score (nSPS) is 11.5. The summed E-state index contributed by atoms with van der Waals surface area (Å²) in [6.45, 7) is 9.04. The van der Waals surface area contributed by atoms with E-state index in [9.17, 15) is 4.79 Å². The van der Waals surface area contributed by atoms with Gasteiger partial charge < -0.3 is 4.74 Å². The fourth-order valence-corrected chi connectivity index (χ4v) is 2.97. The molecule has 0 heterocycles. The minimum absolute atomic E-state index is 0.0470. The van der Waals surface area contributed by atoms with Gasteiger partial charge in [-0.2, -0.15) is 0 Å². The first-order valence-corrected chi connectivity index (χ1v) is 11.0. The molecule has 0 aliphatic rings. The Morgan fingerprint density at radius 2 is 1.27 bits per heavy atom. The molecule has 0 radical (unpaired) electrons. The maximum atomic E-state index is 11.7. The zero-order valence-corrected chi connectivity index (χ0v) is 18.1. The van der Waals surface area contributed by atoms with Gasteiger partial charge in [-0.1, -0.05) is 88.4 Å². The third-order valence-corrected chi connectivity index (χ3v) is 4.75. The number of hydrogen-bond donors (Lipinski definition) is 0. The van der Waals surface area contributed by atoms with E-state index in [1.165, 1.54) is 68.9 Å². The van der Waals surface area contributed by atoms with Gasteiger partial charge in [-0.25, -0.2) is 0 Å². The first-order chi connectivity index (χ1) is 12.6. The third-order valence-electron chi connectivity index (χ3n) is 4.75. The molecule has 0 saturated carbocycles. The van der Waals surface area contributed by atoms with E-state index in [2.05, 4.69) is 33.8 Å². The number of ether oxygens (including phenoxy) is 1. The van der Waals surface area contributed by atoms with Crippen LogP contribution in [-0.2, 0) is 9.53 Å². The number of allylic oxidation sites excluding steroid dienone is 3. The van der Waals surface area contributed by atoms with Gasteiger partial charge in [0.05, 0.1) is 0 Å². The monoisotopic (exact) mass is 364 g/mol. The lowest BCUT2D eigenvalue weighted by Crippen LogP contribution is -2.04. The fraction of sp³-hybridized carbons (Fsp3) is 0.792. The maximum Gasteiger partial charge on any atom is 0.306 e.